The molecule has 0 aromatic carbocycles. The fourth-order valence-corrected chi connectivity index (χ4v) is 3.83. The van der Waals surface area contributed by atoms with Gasteiger partial charge < -0.3 is 9.47 Å². The summed E-state index contributed by atoms with van der Waals surface area (Å²) in [6, 6.07) is 3.88. The Labute approximate surface area is 152 Å². The zero-order valence-electron chi connectivity index (χ0n) is 14.8. The number of allylic oxidation sites excluding steroid dienone is 2. The molecule has 6 nitrogen and oxygen atoms in total. The first-order valence-corrected chi connectivity index (χ1v) is 9.34. The monoisotopic (exact) mass is 362 g/mol. The number of methoxy groups -OCH3 is 1. The Kier molecular flexibility index (Phi) is 8.80. The van der Waals surface area contributed by atoms with Crippen LogP contribution in [0.5, 0.6) is 0 Å². The topological polar surface area (TPSA) is 100 Å². The largest absolute Gasteiger partial charge is 0.465 e. The normalized spacial score (nSPS) is 20.3. The fraction of sp³-hybridized carbons (Fsp3) is 0.556. The number of rotatable bonds is 5. The molecule has 0 aromatic heterocycles. The van der Waals surface area contributed by atoms with E-state index in [0.717, 1.165) is 19.3 Å². The molecule has 0 aliphatic heterocycles. The van der Waals surface area contributed by atoms with E-state index in [2.05, 4.69) is 0 Å². The van der Waals surface area contributed by atoms with E-state index < -0.39 is 11.9 Å². The highest BCUT2D eigenvalue weighted by molar-refractivity contribution is 8.02. The highest BCUT2D eigenvalue weighted by Gasteiger charge is 2.31. The van der Waals surface area contributed by atoms with Crippen molar-refractivity contribution in [2.75, 3.05) is 20.0 Å². The molecule has 1 aliphatic carbocycles. The van der Waals surface area contributed by atoms with Crippen LogP contribution in [0.2, 0.25) is 0 Å². The number of hydrogen-bond acceptors (Lipinski definition) is 7. The van der Waals surface area contributed by atoms with Crippen molar-refractivity contribution in [3.63, 3.8) is 0 Å². The maximum absolute atomic E-state index is 12.2. The van der Waals surface area contributed by atoms with E-state index in [1.807, 2.05) is 12.1 Å². The van der Waals surface area contributed by atoms with Crippen molar-refractivity contribution in [1.82, 2.24) is 0 Å². The van der Waals surface area contributed by atoms with Crippen LogP contribution in [0.4, 0.5) is 0 Å². The van der Waals surface area contributed by atoms with Crippen LogP contribution in [-0.2, 0) is 19.1 Å². The Morgan fingerprint density at radius 2 is 1.92 bits per heavy atom. The van der Waals surface area contributed by atoms with Gasteiger partial charge in [-0.05, 0) is 38.0 Å². The van der Waals surface area contributed by atoms with E-state index >= 15 is 0 Å². The van der Waals surface area contributed by atoms with Gasteiger partial charge in [-0.25, -0.2) is 9.59 Å². The van der Waals surface area contributed by atoms with Crippen LogP contribution >= 0.6 is 11.8 Å². The van der Waals surface area contributed by atoms with Gasteiger partial charge in [-0.15, -0.1) is 11.8 Å². The standard InChI is InChI=1S/C18H22N2O4S/c1-4-24-18(22)14(10-19)12-8-6-5-7-9-13(12)16(25-3)15(11-20)17(21)23-2/h13H,4-9H2,1-3H3/b14-12+,16-15+/t13-/m0/s1. The van der Waals surface area contributed by atoms with E-state index in [4.69, 9.17) is 9.47 Å². The molecule has 0 amide bonds. The van der Waals surface area contributed by atoms with Gasteiger partial charge in [0.15, 0.2) is 0 Å². The van der Waals surface area contributed by atoms with Gasteiger partial charge in [0, 0.05) is 10.8 Å². The molecule has 1 rings (SSSR count). The molecule has 0 bridgehead atoms. The van der Waals surface area contributed by atoms with Crippen molar-refractivity contribution < 1.29 is 19.1 Å². The minimum Gasteiger partial charge on any atom is -0.465 e. The van der Waals surface area contributed by atoms with Crippen LogP contribution in [0.25, 0.3) is 0 Å². The lowest BCUT2D eigenvalue weighted by molar-refractivity contribution is -0.138. The molecule has 0 aromatic rings. The first-order valence-electron chi connectivity index (χ1n) is 8.12. The Bertz CT molecular complexity index is 668. The van der Waals surface area contributed by atoms with Crippen LogP contribution in [0.15, 0.2) is 21.6 Å². The van der Waals surface area contributed by atoms with Gasteiger partial charge in [-0.1, -0.05) is 12.8 Å². The number of ether oxygens (including phenoxy) is 2. The van der Waals surface area contributed by atoms with Gasteiger partial charge in [-0.2, -0.15) is 10.5 Å². The molecule has 25 heavy (non-hydrogen) atoms. The molecule has 1 saturated carbocycles. The number of thioether (sulfide) groups is 1. The van der Waals surface area contributed by atoms with Crippen molar-refractivity contribution in [2.24, 2.45) is 5.92 Å². The first kappa shape index (κ1) is 20.8. The summed E-state index contributed by atoms with van der Waals surface area (Å²) in [5, 5.41) is 18.9. The summed E-state index contributed by atoms with van der Waals surface area (Å²) in [5.74, 6) is -1.68. The summed E-state index contributed by atoms with van der Waals surface area (Å²) in [6.45, 7) is 1.86. The van der Waals surface area contributed by atoms with Gasteiger partial charge >= 0.3 is 11.9 Å². The predicted molar refractivity (Wildman–Crippen MR) is 94.0 cm³/mol. The van der Waals surface area contributed by atoms with Gasteiger partial charge in [0.05, 0.1) is 13.7 Å². The molecule has 134 valence electrons. The Morgan fingerprint density at radius 1 is 1.20 bits per heavy atom. The Hall–Kier alpha value is -2.25. The lowest BCUT2D eigenvalue weighted by atomic mass is 9.88. The van der Waals surface area contributed by atoms with Gasteiger partial charge in [0.2, 0.25) is 0 Å². The average Bonchev–Trinajstić information content (AvgIpc) is 2.86. The first-order chi connectivity index (χ1) is 12.0. The molecule has 7 heteroatoms. The summed E-state index contributed by atoms with van der Waals surface area (Å²) in [4.78, 5) is 24.7. The molecule has 1 aliphatic rings. The number of nitrogens with zero attached hydrogens (tertiary/aromatic N) is 2. The molecule has 0 spiro atoms. The number of carbonyl (C=O) groups excluding carboxylic acids is 2. The van der Waals surface area contributed by atoms with Crippen LogP contribution in [0.3, 0.4) is 0 Å². The highest BCUT2D eigenvalue weighted by atomic mass is 32.2. The minimum atomic E-state index is -0.704. The summed E-state index contributed by atoms with van der Waals surface area (Å²) in [7, 11) is 1.22. The van der Waals surface area contributed by atoms with Crippen molar-refractivity contribution in [3.05, 3.63) is 21.6 Å². The third-order valence-corrected chi connectivity index (χ3v) is 4.98. The molecular weight excluding hydrogens is 340 g/mol. The summed E-state index contributed by atoms with van der Waals surface area (Å²) < 4.78 is 9.72. The quantitative estimate of drug-likeness (QED) is 0.320. The van der Waals surface area contributed by atoms with E-state index in [1.165, 1.54) is 18.9 Å². The number of nitriles is 2. The second kappa shape index (κ2) is 10.6. The summed E-state index contributed by atoms with van der Waals surface area (Å²) in [5.41, 5.74) is 0.572. The molecule has 0 N–H and O–H groups in total. The zero-order valence-corrected chi connectivity index (χ0v) is 15.6. The number of esters is 2. The molecule has 0 saturated heterocycles. The van der Waals surface area contributed by atoms with E-state index in [0.29, 0.717) is 23.3 Å². The Morgan fingerprint density at radius 3 is 2.44 bits per heavy atom. The van der Waals surface area contributed by atoms with Gasteiger partial charge in [-0.3, -0.25) is 0 Å². The van der Waals surface area contributed by atoms with Crippen LogP contribution < -0.4 is 0 Å². The fourth-order valence-electron chi connectivity index (χ4n) is 2.95. The third-order valence-electron chi connectivity index (χ3n) is 4.06. The minimum absolute atomic E-state index is 0.0116. The molecule has 0 heterocycles. The van der Waals surface area contributed by atoms with Crippen molar-refractivity contribution >= 4 is 23.7 Å². The Balaban J connectivity index is 3.56. The zero-order chi connectivity index (χ0) is 18.8. The van der Waals surface area contributed by atoms with Crippen LogP contribution in [-0.4, -0.2) is 31.9 Å². The van der Waals surface area contributed by atoms with Crippen LogP contribution in [0, 0.1) is 28.6 Å². The predicted octanol–water partition coefficient (Wildman–Crippen LogP) is 3.26. The summed E-state index contributed by atoms with van der Waals surface area (Å²) in [6.07, 6.45) is 5.70. The maximum atomic E-state index is 12.2. The van der Waals surface area contributed by atoms with E-state index in [9.17, 15) is 20.1 Å². The average molecular weight is 362 g/mol. The highest BCUT2D eigenvalue weighted by Crippen LogP contribution is 2.41. The van der Waals surface area contributed by atoms with Crippen molar-refractivity contribution in [1.29, 1.82) is 10.5 Å². The maximum Gasteiger partial charge on any atom is 0.349 e. The molecule has 1 atom stereocenters. The molecule has 0 unspecified atom stereocenters. The van der Waals surface area contributed by atoms with Gasteiger partial charge in [0.1, 0.15) is 23.3 Å². The van der Waals surface area contributed by atoms with E-state index in [1.54, 1.807) is 13.2 Å². The summed E-state index contributed by atoms with van der Waals surface area (Å²) >= 11 is 1.28. The third kappa shape index (κ3) is 5.11. The van der Waals surface area contributed by atoms with E-state index in [-0.39, 0.29) is 23.7 Å². The van der Waals surface area contributed by atoms with Crippen LogP contribution in [0.1, 0.15) is 39.0 Å². The lowest BCUT2D eigenvalue weighted by Gasteiger charge is -2.22. The number of hydrogen-bond donors (Lipinski definition) is 0. The second-order valence-electron chi connectivity index (χ2n) is 5.43. The lowest BCUT2D eigenvalue weighted by Crippen LogP contribution is -2.17. The van der Waals surface area contributed by atoms with Crippen molar-refractivity contribution in [3.8, 4) is 12.1 Å². The SMILES string of the molecule is CCOC(=O)/C(C#N)=C1\CCCCC[C@@H]1/C(SC)=C(/C#N)C(=O)OC. The van der Waals surface area contributed by atoms with Crippen molar-refractivity contribution in [2.45, 2.75) is 39.0 Å². The molecular formula is C18H22N2O4S. The smallest absolute Gasteiger partial charge is 0.349 e. The second-order valence-corrected chi connectivity index (χ2v) is 6.28. The molecule has 1 fully saturated rings. The number of carbonyl (C=O) groups is 2. The molecule has 0 radical (unpaired) electrons. The van der Waals surface area contributed by atoms with Gasteiger partial charge in [0.25, 0.3) is 0 Å².